The predicted octanol–water partition coefficient (Wildman–Crippen LogP) is 3.00. The quantitative estimate of drug-likeness (QED) is 0.674. The summed E-state index contributed by atoms with van der Waals surface area (Å²) in [5, 5.41) is 15.2. The van der Waals surface area contributed by atoms with Crippen molar-refractivity contribution in [3.8, 4) is 5.69 Å². The third-order valence-corrected chi connectivity index (χ3v) is 4.22. The minimum atomic E-state index is -0.416. The van der Waals surface area contributed by atoms with Gasteiger partial charge in [-0.1, -0.05) is 0 Å². The molecule has 1 heterocycles. The molecule has 7 heteroatoms. The lowest BCUT2D eigenvalue weighted by molar-refractivity contribution is -0.385. The summed E-state index contributed by atoms with van der Waals surface area (Å²) >= 11 is 3.23. The molecule has 1 aromatic heterocycles. The Morgan fingerprint density at radius 2 is 2.10 bits per heavy atom. The van der Waals surface area contributed by atoms with Crippen molar-refractivity contribution < 1.29 is 4.92 Å². The topological polar surface area (TPSA) is 87.0 Å². The van der Waals surface area contributed by atoms with Crippen LogP contribution < -0.4 is 5.73 Å². The van der Waals surface area contributed by atoms with E-state index in [1.54, 1.807) is 16.8 Å². The maximum atomic E-state index is 10.8. The zero-order valence-corrected chi connectivity index (χ0v) is 12.3. The lowest BCUT2D eigenvalue weighted by Crippen LogP contribution is -2.08. The Labute approximate surface area is 123 Å². The van der Waals surface area contributed by atoms with Crippen LogP contribution in [0.1, 0.15) is 24.1 Å². The van der Waals surface area contributed by atoms with E-state index in [1.807, 2.05) is 0 Å². The Kier molecular flexibility index (Phi) is 3.21. The van der Waals surface area contributed by atoms with Crippen LogP contribution in [0.25, 0.3) is 5.69 Å². The van der Waals surface area contributed by atoms with Crippen LogP contribution in [0.15, 0.2) is 22.7 Å². The SMILES string of the molecule is Nc1nn(-c2ccc([N+](=O)[O-])c(Br)c2)c2c1CCCC2. The molecule has 0 spiro atoms. The number of nitrogen functional groups attached to an aromatic ring is 1. The van der Waals surface area contributed by atoms with Gasteiger partial charge in [-0.2, -0.15) is 5.10 Å². The van der Waals surface area contributed by atoms with Gasteiger partial charge in [0.05, 0.1) is 15.1 Å². The fraction of sp³-hybridized carbons (Fsp3) is 0.308. The average molecular weight is 337 g/mol. The molecule has 0 saturated heterocycles. The molecule has 0 atom stereocenters. The smallest absolute Gasteiger partial charge is 0.283 e. The van der Waals surface area contributed by atoms with Crippen LogP contribution in [0, 0.1) is 10.1 Å². The van der Waals surface area contributed by atoms with Gasteiger partial charge < -0.3 is 5.73 Å². The predicted molar refractivity (Wildman–Crippen MR) is 79.0 cm³/mol. The Balaban J connectivity index is 2.10. The zero-order valence-electron chi connectivity index (χ0n) is 10.7. The van der Waals surface area contributed by atoms with Crippen molar-refractivity contribution in [3.63, 3.8) is 0 Å². The lowest BCUT2D eigenvalue weighted by Gasteiger charge is -2.13. The first-order valence-electron chi connectivity index (χ1n) is 6.38. The summed E-state index contributed by atoms with van der Waals surface area (Å²) in [7, 11) is 0. The molecule has 104 valence electrons. The molecular weight excluding hydrogens is 324 g/mol. The van der Waals surface area contributed by atoms with Gasteiger partial charge in [0.15, 0.2) is 0 Å². The molecule has 20 heavy (non-hydrogen) atoms. The van der Waals surface area contributed by atoms with Crippen LogP contribution in [0.4, 0.5) is 11.5 Å². The molecule has 0 saturated carbocycles. The number of halogens is 1. The minimum Gasteiger partial charge on any atom is -0.382 e. The van der Waals surface area contributed by atoms with E-state index in [0.717, 1.165) is 42.6 Å². The fourth-order valence-corrected chi connectivity index (χ4v) is 3.13. The van der Waals surface area contributed by atoms with E-state index in [0.29, 0.717) is 10.3 Å². The molecule has 0 radical (unpaired) electrons. The number of nitro benzene ring substituents is 1. The van der Waals surface area contributed by atoms with E-state index in [1.165, 1.54) is 6.07 Å². The number of hydrogen-bond acceptors (Lipinski definition) is 4. The molecule has 0 fully saturated rings. The highest BCUT2D eigenvalue weighted by Crippen LogP contribution is 2.31. The maximum absolute atomic E-state index is 10.8. The number of benzene rings is 1. The highest BCUT2D eigenvalue weighted by Gasteiger charge is 2.21. The highest BCUT2D eigenvalue weighted by molar-refractivity contribution is 9.10. The standard InChI is InChI=1S/C13H13BrN4O2/c14-10-7-8(5-6-12(10)18(19)20)17-11-4-2-1-3-9(11)13(15)16-17/h5-7H,1-4H2,(H2,15,16). The Morgan fingerprint density at radius 3 is 2.80 bits per heavy atom. The van der Waals surface area contributed by atoms with Crippen molar-refractivity contribution >= 4 is 27.4 Å². The number of nitrogens with two attached hydrogens (primary N) is 1. The summed E-state index contributed by atoms with van der Waals surface area (Å²) < 4.78 is 2.25. The molecule has 6 nitrogen and oxygen atoms in total. The number of fused-ring (bicyclic) bond motifs is 1. The molecule has 1 aliphatic rings. The molecule has 0 bridgehead atoms. The van der Waals surface area contributed by atoms with Crippen LogP contribution >= 0.6 is 15.9 Å². The van der Waals surface area contributed by atoms with Crippen LogP contribution in [-0.2, 0) is 12.8 Å². The monoisotopic (exact) mass is 336 g/mol. The largest absolute Gasteiger partial charge is 0.382 e. The van der Waals surface area contributed by atoms with E-state index in [4.69, 9.17) is 5.73 Å². The molecular formula is C13H13BrN4O2. The van der Waals surface area contributed by atoms with Gasteiger partial charge in [-0.25, -0.2) is 4.68 Å². The van der Waals surface area contributed by atoms with Crippen LogP contribution in [0.3, 0.4) is 0 Å². The van der Waals surface area contributed by atoms with Crippen molar-refractivity contribution in [1.82, 2.24) is 9.78 Å². The van der Waals surface area contributed by atoms with Crippen molar-refractivity contribution in [2.75, 3.05) is 5.73 Å². The van der Waals surface area contributed by atoms with Crippen molar-refractivity contribution in [2.45, 2.75) is 25.7 Å². The van der Waals surface area contributed by atoms with Crippen molar-refractivity contribution in [1.29, 1.82) is 0 Å². The summed E-state index contributed by atoms with van der Waals surface area (Å²) in [6.07, 6.45) is 4.14. The molecule has 1 aromatic carbocycles. The van der Waals surface area contributed by atoms with Crippen LogP contribution in [0.2, 0.25) is 0 Å². The fourth-order valence-electron chi connectivity index (χ4n) is 2.62. The van der Waals surface area contributed by atoms with Gasteiger partial charge in [0.2, 0.25) is 0 Å². The summed E-state index contributed by atoms with van der Waals surface area (Å²) in [6, 6.07) is 4.89. The second-order valence-corrected chi connectivity index (χ2v) is 5.68. The second-order valence-electron chi connectivity index (χ2n) is 4.82. The third kappa shape index (κ3) is 2.07. The molecule has 0 amide bonds. The summed E-state index contributed by atoms with van der Waals surface area (Å²) in [5.41, 5.74) is 9.03. The van der Waals surface area contributed by atoms with Gasteiger partial charge >= 0.3 is 0 Å². The third-order valence-electron chi connectivity index (χ3n) is 3.58. The lowest BCUT2D eigenvalue weighted by atomic mass is 9.97. The Morgan fingerprint density at radius 1 is 1.35 bits per heavy atom. The molecule has 0 aliphatic heterocycles. The average Bonchev–Trinajstić information content (AvgIpc) is 2.76. The minimum absolute atomic E-state index is 0.0442. The van der Waals surface area contributed by atoms with E-state index in [2.05, 4.69) is 21.0 Å². The van der Waals surface area contributed by atoms with Crippen molar-refractivity contribution in [2.24, 2.45) is 0 Å². The summed E-state index contributed by atoms with van der Waals surface area (Å²) in [5.74, 6) is 0.564. The zero-order chi connectivity index (χ0) is 14.3. The van der Waals surface area contributed by atoms with Gasteiger partial charge in [0, 0.05) is 17.3 Å². The molecule has 0 unspecified atom stereocenters. The van der Waals surface area contributed by atoms with E-state index < -0.39 is 4.92 Å². The maximum Gasteiger partial charge on any atom is 0.283 e. The number of nitro groups is 1. The first-order chi connectivity index (χ1) is 9.58. The van der Waals surface area contributed by atoms with Gasteiger partial charge in [-0.15, -0.1) is 0 Å². The summed E-state index contributed by atoms with van der Waals surface area (Å²) in [6.45, 7) is 0. The van der Waals surface area contributed by atoms with E-state index in [9.17, 15) is 10.1 Å². The Bertz CT molecular complexity index is 696. The first-order valence-corrected chi connectivity index (χ1v) is 7.18. The molecule has 2 aromatic rings. The normalized spacial score (nSPS) is 14.1. The van der Waals surface area contributed by atoms with Gasteiger partial charge in [0.1, 0.15) is 5.82 Å². The first kappa shape index (κ1) is 13.1. The van der Waals surface area contributed by atoms with E-state index in [-0.39, 0.29) is 5.69 Å². The Hall–Kier alpha value is -1.89. The summed E-state index contributed by atoms with van der Waals surface area (Å²) in [4.78, 5) is 10.4. The van der Waals surface area contributed by atoms with Gasteiger partial charge in [-0.05, 0) is 53.7 Å². The highest BCUT2D eigenvalue weighted by atomic mass is 79.9. The van der Waals surface area contributed by atoms with Crippen LogP contribution in [0.5, 0.6) is 0 Å². The number of hydrogen-bond donors (Lipinski definition) is 1. The number of rotatable bonds is 2. The van der Waals surface area contributed by atoms with E-state index >= 15 is 0 Å². The van der Waals surface area contributed by atoms with Gasteiger partial charge in [0.25, 0.3) is 5.69 Å². The number of nitrogens with zero attached hydrogens (tertiary/aromatic N) is 3. The van der Waals surface area contributed by atoms with Gasteiger partial charge in [-0.3, -0.25) is 10.1 Å². The number of aromatic nitrogens is 2. The number of anilines is 1. The second kappa shape index (κ2) is 4.90. The molecule has 2 N–H and O–H groups in total. The molecule has 3 rings (SSSR count). The molecule has 1 aliphatic carbocycles. The van der Waals surface area contributed by atoms with Crippen molar-refractivity contribution in [3.05, 3.63) is 44.0 Å². The van der Waals surface area contributed by atoms with Crippen LogP contribution in [-0.4, -0.2) is 14.7 Å².